The summed E-state index contributed by atoms with van der Waals surface area (Å²) in [5.41, 5.74) is 2.03. The first-order valence-electron chi connectivity index (χ1n) is 3.87. The number of carbonyl (C=O) groups is 2. The van der Waals surface area contributed by atoms with E-state index in [2.05, 4.69) is 0 Å². The number of nitrogens with two attached hydrogens (primary N) is 1. The number of Topliss-reactive ketones (excluding diaryl/α,β-unsaturated/α-hetero) is 1. The number of halogens is 1. The predicted octanol–water partition coefficient (Wildman–Crippen LogP) is 0.632. The molecule has 0 aliphatic heterocycles. The highest BCUT2D eigenvalue weighted by Crippen LogP contribution is 2.09. The smallest absolute Gasteiger partial charge is 0.265 e. The Morgan fingerprint density at radius 1 is 1.29 bits per heavy atom. The molecule has 0 bridgehead atoms. The van der Waals surface area contributed by atoms with Crippen LogP contribution in [0.15, 0.2) is 18.2 Å². The van der Waals surface area contributed by atoms with E-state index in [1.54, 1.807) is 0 Å². The van der Waals surface area contributed by atoms with Gasteiger partial charge in [0.15, 0.2) is 5.78 Å². The van der Waals surface area contributed by atoms with E-state index in [4.69, 9.17) is 5.84 Å². The van der Waals surface area contributed by atoms with E-state index >= 15 is 0 Å². The summed E-state index contributed by atoms with van der Waals surface area (Å²) >= 11 is 0. The van der Waals surface area contributed by atoms with E-state index in [1.807, 2.05) is 5.43 Å². The van der Waals surface area contributed by atoms with E-state index in [9.17, 15) is 14.0 Å². The second-order valence-electron chi connectivity index (χ2n) is 2.76. The van der Waals surface area contributed by atoms with Crippen molar-refractivity contribution >= 4 is 11.7 Å². The Balaban J connectivity index is 3.20. The lowest BCUT2D eigenvalue weighted by molar-refractivity contribution is 0.0953. The van der Waals surface area contributed by atoms with Crippen molar-refractivity contribution in [3.05, 3.63) is 35.1 Å². The molecule has 0 spiro atoms. The highest BCUT2D eigenvalue weighted by atomic mass is 19.1. The van der Waals surface area contributed by atoms with Gasteiger partial charge in [-0.3, -0.25) is 15.0 Å². The molecular formula is C9H9FN2O2. The van der Waals surface area contributed by atoms with Crippen LogP contribution in [0.3, 0.4) is 0 Å². The molecule has 1 aromatic rings. The lowest BCUT2D eigenvalue weighted by Gasteiger charge is -2.02. The number of carbonyl (C=O) groups excluding carboxylic acids is 2. The lowest BCUT2D eigenvalue weighted by Crippen LogP contribution is -2.30. The molecule has 0 fully saturated rings. The number of nitrogens with one attached hydrogen (secondary N) is 1. The van der Waals surface area contributed by atoms with Crippen LogP contribution in [-0.2, 0) is 0 Å². The number of hydrogen-bond donors (Lipinski definition) is 2. The largest absolute Gasteiger partial charge is 0.295 e. The number of nitrogen functional groups attached to an aromatic ring is 1. The number of benzene rings is 1. The van der Waals surface area contributed by atoms with Crippen LogP contribution < -0.4 is 11.3 Å². The number of rotatable bonds is 2. The summed E-state index contributed by atoms with van der Waals surface area (Å²) in [6.07, 6.45) is 0. The average molecular weight is 196 g/mol. The second kappa shape index (κ2) is 3.97. The van der Waals surface area contributed by atoms with Crippen molar-refractivity contribution in [1.29, 1.82) is 0 Å². The molecule has 0 radical (unpaired) electrons. The number of ketones is 1. The fraction of sp³-hybridized carbons (Fsp3) is 0.111. The molecule has 3 N–H and O–H groups in total. The van der Waals surface area contributed by atoms with E-state index < -0.39 is 11.7 Å². The van der Waals surface area contributed by atoms with E-state index in [0.29, 0.717) is 0 Å². The minimum atomic E-state index is -0.642. The van der Waals surface area contributed by atoms with Gasteiger partial charge in [0.05, 0.1) is 0 Å². The molecular weight excluding hydrogens is 187 g/mol. The van der Waals surface area contributed by atoms with Gasteiger partial charge in [-0.25, -0.2) is 10.2 Å². The molecule has 0 atom stereocenters. The van der Waals surface area contributed by atoms with Crippen LogP contribution in [0, 0.1) is 5.82 Å². The van der Waals surface area contributed by atoms with Crippen molar-refractivity contribution in [2.24, 2.45) is 5.84 Å². The topological polar surface area (TPSA) is 72.2 Å². The third-order valence-corrected chi connectivity index (χ3v) is 1.70. The Bertz CT molecular complexity index is 390. The Labute approximate surface area is 79.9 Å². The molecule has 0 saturated heterocycles. The van der Waals surface area contributed by atoms with Crippen LogP contribution in [0.4, 0.5) is 4.39 Å². The monoisotopic (exact) mass is 196 g/mol. The SMILES string of the molecule is CC(=O)c1cc(F)cc(C(=O)NN)c1. The summed E-state index contributed by atoms with van der Waals surface area (Å²) in [6, 6.07) is 3.36. The van der Waals surface area contributed by atoms with Crippen molar-refractivity contribution in [3.8, 4) is 0 Å². The number of amides is 1. The van der Waals surface area contributed by atoms with Crippen molar-refractivity contribution in [3.63, 3.8) is 0 Å². The van der Waals surface area contributed by atoms with Gasteiger partial charge in [-0.2, -0.15) is 0 Å². The first-order valence-corrected chi connectivity index (χ1v) is 3.87. The summed E-state index contributed by atoms with van der Waals surface area (Å²) in [5.74, 6) is 3.29. The highest BCUT2D eigenvalue weighted by molar-refractivity contribution is 5.99. The molecule has 0 heterocycles. The molecule has 5 heteroatoms. The number of hydrogen-bond acceptors (Lipinski definition) is 3. The Morgan fingerprint density at radius 3 is 2.36 bits per heavy atom. The van der Waals surface area contributed by atoms with Gasteiger partial charge in [0.1, 0.15) is 5.82 Å². The van der Waals surface area contributed by atoms with Gasteiger partial charge in [0.25, 0.3) is 5.91 Å². The maximum atomic E-state index is 12.9. The third-order valence-electron chi connectivity index (χ3n) is 1.70. The molecule has 1 aromatic carbocycles. The third kappa shape index (κ3) is 2.14. The second-order valence-corrected chi connectivity index (χ2v) is 2.76. The summed E-state index contributed by atoms with van der Waals surface area (Å²) < 4.78 is 12.9. The summed E-state index contributed by atoms with van der Waals surface area (Å²) in [5, 5.41) is 0. The molecule has 74 valence electrons. The van der Waals surface area contributed by atoms with Crippen molar-refractivity contribution in [2.45, 2.75) is 6.92 Å². The van der Waals surface area contributed by atoms with Gasteiger partial charge in [-0.05, 0) is 25.1 Å². The van der Waals surface area contributed by atoms with Crippen LogP contribution in [0.1, 0.15) is 27.6 Å². The van der Waals surface area contributed by atoms with Crippen LogP contribution in [0.5, 0.6) is 0 Å². The van der Waals surface area contributed by atoms with Crippen molar-refractivity contribution < 1.29 is 14.0 Å². The van der Waals surface area contributed by atoms with Crippen LogP contribution >= 0.6 is 0 Å². The van der Waals surface area contributed by atoms with Crippen molar-refractivity contribution in [1.82, 2.24) is 5.43 Å². The zero-order chi connectivity index (χ0) is 10.7. The summed E-state index contributed by atoms with van der Waals surface area (Å²) in [6.45, 7) is 1.29. The van der Waals surface area contributed by atoms with Crippen LogP contribution in [-0.4, -0.2) is 11.7 Å². The quantitative estimate of drug-likeness (QED) is 0.315. The molecule has 0 aromatic heterocycles. The minimum absolute atomic E-state index is 0.0256. The van der Waals surface area contributed by atoms with Gasteiger partial charge >= 0.3 is 0 Å². The first kappa shape index (κ1) is 10.3. The zero-order valence-electron chi connectivity index (χ0n) is 7.50. The normalized spacial score (nSPS) is 9.64. The summed E-state index contributed by atoms with van der Waals surface area (Å²) in [4.78, 5) is 22.0. The Morgan fingerprint density at radius 2 is 1.86 bits per heavy atom. The van der Waals surface area contributed by atoms with Crippen LogP contribution in [0.2, 0.25) is 0 Å². The predicted molar refractivity (Wildman–Crippen MR) is 48.1 cm³/mol. The fourth-order valence-electron chi connectivity index (χ4n) is 1.01. The van der Waals surface area contributed by atoms with Crippen molar-refractivity contribution in [2.75, 3.05) is 0 Å². The minimum Gasteiger partial charge on any atom is -0.295 e. The van der Waals surface area contributed by atoms with Crippen LogP contribution in [0.25, 0.3) is 0 Å². The molecule has 0 aliphatic rings. The standard InChI is InChI=1S/C9H9FN2O2/c1-5(13)6-2-7(9(14)12-11)4-8(10)3-6/h2-4H,11H2,1H3,(H,12,14). The van der Waals surface area contributed by atoms with E-state index in [-0.39, 0.29) is 16.9 Å². The summed E-state index contributed by atoms with van der Waals surface area (Å²) in [7, 11) is 0. The Kier molecular flexibility index (Phi) is 2.93. The van der Waals surface area contributed by atoms with Gasteiger partial charge in [-0.1, -0.05) is 0 Å². The highest BCUT2D eigenvalue weighted by Gasteiger charge is 2.09. The Hall–Kier alpha value is -1.75. The molecule has 0 unspecified atom stereocenters. The first-order chi connectivity index (χ1) is 6.54. The maximum Gasteiger partial charge on any atom is 0.265 e. The molecule has 4 nitrogen and oxygen atoms in total. The number of hydrazine groups is 1. The molecule has 0 aliphatic carbocycles. The van der Waals surface area contributed by atoms with Gasteiger partial charge < -0.3 is 0 Å². The fourth-order valence-corrected chi connectivity index (χ4v) is 1.01. The van der Waals surface area contributed by atoms with E-state index in [0.717, 1.165) is 12.1 Å². The molecule has 14 heavy (non-hydrogen) atoms. The average Bonchev–Trinajstić information content (AvgIpc) is 2.15. The van der Waals surface area contributed by atoms with Gasteiger partial charge in [0.2, 0.25) is 0 Å². The maximum absolute atomic E-state index is 12.9. The lowest BCUT2D eigenvalue weighted by atomic mass is 10.1. The molecule has 1 amide bonds. The zero-order valence-corrected chi connectivity index (χ0v) is 7.50. The van der Waals surface area contributed by atoms with Gasteiger partial charge in [0, 0.05) is 11.1 Å². The van der Waals surface area contributed by atoms with E-state index in [1.165, 1.54) is 13.0 Å². The molecule has 0 saturated carbocycles. The van der Waals surface area contributed by atoms with Gasteiger partial charge in [-0.15, -0.1) is 0 Å². The molecule has 1 rings (SSSR count).